The number of likely N-dealkylation sites (N-methyl/N-ethyl adjacent to an activating group) is 1. The molecule has 110 valence electrons. The van der Waals surface area contributed by atoms with Crippen LogP contribution in [0.2, 0.25) is 5.02 Å². The number of halogens is 1. The summed E-state index contributed by atoms with van der Waals surface area (Å²) in [7, 11) is 1.89. The van der Waals surface area contributed by atoms with Crippen molar-refractivity contribution in [3.63, 3.8) is 0 Å². The largest absolute Gasteiger partial charge is 0.484 e. The van der Waals surface area contributed by atoms with Gasteiger partial charge in [-0.2, -0.15) is 0 Å². The van der Waals surface area contributed by atoms with Gasteiger partial charge in [0.2, 0.25) is 0 Å². The highest BCUT2D eigenvalue weighted by molar-refractivity contribution is 6.30. The minimum Gasteiger partial charge on any atom is -0.484 e. The molecule has 20 heavy (non-hydrogen) atoms. The lowest BCUT2D eigenvalue weighted by Crippen LogP contribution is -2.39. The standard InChI is InChI=1S/C16H22ClNO2/c1-18(14-8-4-2-3-5-9-14)16(19)12-20-15-10-6-7-13(17)11-15/h6-7,10-11,14H,2-5,8-9,12H2,1H3. The Morgan fingerprint density at radius 2 is 2.00 bits per heavy atom. The van der Waals surface area contributed by atoms with E-state index in [1.54, 1.807) is 12.1 Å². The number of benzene rings is 1. The van der Waals surface area contributed by atoms with Crippen molar-refractivity contribution in [2.75, 3.05) is 13.7 Å². The molecule has 1 aliphatic rings. The predicted octanol–water partition coefficient (Wildman–Crippen LogP) is 3.90. The fourth-order valence-electron chi connectivity index (χ4n) is 2.65. The van der Waals surface area contributed by atoms with Gasteiger partial charge in [-0.3, -0.25) is 4.79 Å². The Hall–Kier alpha value is -1.22. The van der Waals surface area contributed by atoms with Gasteiger partial charge < -0.3 is 9.64 Å². The molecule has 0 N–H and O–H groups in total. The van der Waals surface area contributed by atoms with Gasteiger partial charge in [-0.25, -0.2) is 0 Å². The average molecular weight is 296 g/mol. The normalized spacial score (nSPS) is 16.5. The quantitative estimate of drug-likeness (QED) is 0.789. The lowest BCUT2D eigenvalue weighted by atomic mass is 10.1. The first-order valence-electron chi connectivity index (χ1n) is 7.31. The third kappa shape index (κ3) is 4.41. The van der Waals surface area contributed by atoms with E-state index in [0.717, 1.165) is 12.8 Å². The second-order valence-corrected chi connectivity index (χ2v) is 5.83. The van der Waals surface area contributed by atoms with Crippen molar-refractivity contribution in [2.45, 2.75) is 44.6 Å². The van der Waals surface area contributed by atoms with E-state index in [0.29, 0.717) is 16.8 Å². The molecule has 0 unspecified atom stereocenters. The fraction of sp³-hybridized carbons (Fsp3) is 0.562. The van der Waals surface area contributed by atoms with Crippen LogP contribution >= 0.6 is 11.6 Å². The predicted molar refractivity (Wildman–Crippen MR) is 81.2 cm³/mol. The highest BCUT2D eigenvalue weighted by atomic mass is 35.5. The van der Waals surface area contributed by atoms with Crippen LogP contribution in [-0.4, -0.2) is 30.5 Å². The van der Waals surface area contributed by atoms with Crippen LogP contribution in [0.1, 0.15) is 38.5 Å². The first-order chi connectivity index (χ1) is 9.66. The minimum absolute atomic E-state index is 0.0388. The van der Waals surface area contributed by atoms with Crippen LogP contribution in [0.25, 0.3) is 0 Å². The van der Waals surface area contributed by atoms with E-state index >= 15 is 0 Å². The molecule has 1 aromatic carbocycles. The first-order valence-corrected chi connectivity index (χ1v) is 7.68. The van der Waals surface area contributed by atoms with Gasteiger partial charge in [-0.05, 0) is 31.0 Å². The van der Waals surface area contributed by atoms with E-state index < -0.39 is 0 Å². The molecule has 1 aromatic rings. The van der Waals surface area contributed by atoms with Crippen LogP contribution in [0.15, 0.2) is 24.3 Å². The summed E-state index contributed by atoms with van der Waals surface area (Å²) in [5.41, 5.74) is 0. The molecule has 4 heteroatoms. The zero-order valence-corrected chi connectivity index (χ0v) is 12.7. The molecule has 1 amide bonds. The van der Waals surface area contributed by atoms with Crippen molar-refractivity contribution in [3.05, 3.63) is 29.3 Å². The van der Waals surface area contributed by atoms with Gasteiger partial charge in [-0.1, -0.05) is 43.4 Å². The van der Waals surface area contributed by atoms with Crippen LogP contribution in [0, 0.1) is 0 Å². The Balaban J connectivity index is 1.84. The van der Waals surface area contributed by atoms with Crippen molar-refractivity contribution >= 4 is 17.5 Å². The topological polar surface area (TPSA) is 29.5 Å². The van der Waals surface area contributed by atoms with Crippen molar-refractivity contribution in [1.82, 2.24) is 4.90 Å². The molecule has 1 aliphatic carbocycles. The van der Waals surface area contributed by atoms with E-state index in [1.165, 1.54) is 25.7 Å². The molecule has 0 bridgehead atoms. The molecule has 0 spiro atoms. The maximum atomic E-state index is 12.2. The number of nitrogens with zero attached hydrogens (tertiary/aromatic N) is 1. The van der Waals surface area contributed by atoms with Crippen molar-refractivity contribution in [3.8, 4) is 5.75 Å². The summed E-state index contributed by atoms with van der Waals surface area (Å²) in [6.45, 7) is 0.0767. The Morgan fingerprint density at radius 3 is 2.65 bits per heavy atom. The maximum absolute atomic E-state index is 12.2. The zero-order chi connectivity index (χ0) is 14.4. The van der Waals surface area contributed by atoms with Gasteiger partial charge in [0.25, 0.3) is 5.91 Å². The Morgan fingerprint density at radius 1 is 1.30 bits per heavy atom. The SMILES string of the molecule is CN(C(=O)COc1cccc(Cl)c1)C1CCCCCC1. The number of rotatable bonds is 4. The Kier molecular flexibility index (Phi) is 5.72. The summed E-state index contributed by atoms with van der Waals surface area (Å²) in [6.07, 6.45) is 7.24. The molecule has 1 saturated carbocycles. The number of carbonyl (C=O) groups is 1. The molecule has 0 radical (unpaired) electrons. The fourth-order valence-corrected chi connectivity index (χ4v) is 2.83. The second-order valence-electron chi connectivity index (χ2n) is 5.40. The maximum Gasteiger partial charge on any atom is 0.260 e. The lowest BCUT2D eigenvalue weighted by Gasteiger charge is -2.27. The van der Waals surface area contributed by atoms with Gasteiger partial charge >= 0.3 is 0 Å². The van der Waals surface area contributed by atoms with Crippen LogP contribution in [0.3, 0.4) is 0 Å². The number of hydrogen-bond donors (Lipinski definition) is 0. The first kappa shape index (κ1) is 15.2. The third-order valence-electron chi connectivity index (χ3n) is 3.92. The smallest absolute Gasteiger partial charge is 0.260 e. The second kappa shape index (κ2) is 7.53. The number of hydrogen-bond acceptors (Lipinski definition) is 2. The van der Waals surface area contributed by atoms with E-state index in [-0.39, 0.29) is 12.5 Å². The van der Waals surface area contributed by atoms with Gasteiger partial charge in [0.1, 0.15) is 5.75 Å². The molecular formula is C16H22ClNO2. The lowest BCUT2D eigenvalue weighted by molar-refractivity contribution is -0.134. The summed E-state index contributed by atoms with van der Waals surface area (Å²) in [4.78, 5) is 14.0. The van der Waals surface area contributed by atoms with Crippen molar-refractivity contribution in [1.29, 1.82) is 0 Å². The monoisotopic (exact) mass is 295 g/mol. The highest BCUT2D eigenvalue weighted by Gasteiger charge is 2.21. The van der Waals surface area contributed by atoms with Crippen LogP contribution in [0.4, 0.5) is 0 Å². The molecule has 1 fully saturated rings. The molecule has 0 aromatic heterocycles. The summed E-state index contributed by atoms with van der Waals surface area (Å²) in [5.74, 6) is 0.678. The van der Waals surface area contributed by atoms with Gasteiger partial charge in [0, 0.05) is 18.1 Å². The average Bonchev–Trinajstić information content (AvgIpc) is 2.73. The summed E-state index contributed by atoms with van der Waals surface area (Å²) in [5, 5.41) is 0.618. The molecule has 0 aliphatic heterocycles. The van der Waals surface area contributed by atoms with E-state index in [1.807, 2.05) is 24.1 Å². The van der Waals surface area contributed by atoms with E-state index in [2.05, 4.69) is 0 Å². The van der Waals surface area contributed by atoms with Gasteiger partial charge in [0.15, 0.2) is 6.61 Å². The Bertz CT molecular complexity index is 442. The van der Waals surface area contributed by atoms with Crippen molar-refractivity contribution in [2.24, 2.45) is 0 Å². The zero-order valence-electron chi connectivity index (χ0n) is 12.0. The van der Waals surface area contributed by atoms with Crippen LogP contribution in [-0.2, 0) is 4.79 Å². The number of amides is 1. The van der Waals surface area contributed by atoms with Gasteiger partial charge in [0.05, 0.1) is 0 Å². The van der Waals surface area contributed by atoms with Crippen molar-refractivity contribution < 1.29 is 9.53 Å². The summed E-state index contributed by atoms with van der Waals surface area (Å²) < 4.78 is 5.52. The highest BCUT2D eigenvalue weighted by Crippen LogP contribution is 2.21. The van der Waals surface area contributed by atoms with Crippen LogP contribution < -0.4 is 4.74 Å². The third-order valence-corrected chi connectivity index (χ3v) is 4.16. The molecule has 3 nitrogen and oxygen atoms in total. The molecule has 0 saturated heterocycles. The molecular weight excluding hydrogens is 274 g/mol. The Labute approximate surface area is 125 Å². The summed E-state index contributed by atoms with van der Waals surface area (Å²) in [6, 6.07) is 7.50. The molecule has 2 rings (SSSR count). The number of ether oxygens (including phenoxy) is 1. The minimum atomic E-state index is 0.0388. The molecule has 0 atom stereocenters. The molecule has 0 heterocycles. The van der Waals surface area contributed by atoms with E-state index in [4.69, 9.17) is 16.3 Å². The van der Waals surface area contributed by atoms with Gasteiger partial charge in [-0.15, -0.1) is 0 Å². The summed E-state index contributed by atoms with van der Waals surface area (Å²) >= 11 is 5.89. The van der Waals surface area contributed by atoms with E-state index in [9.17, 15) is 4.79 Å². The van der Waals surface area contributed by atoms with Crippen LogP contribution in [0.5, 0.6) is 5.75 Å². The number of carbonyl (C=O) groups excluding carboxylic acids is 1.